The molecular weight excluding hydrogens is 346 g/mol. The molecule has 140 valence electrons. The fraction of sp³-hybridized carbons (Fsp3) is 0.455. The van der Waals surface area contributed by atoms with Crippen LogP contribution in [0.15, 0.2) is 42.5 Å². The highest BCUT2D eigenvalue weighted by Gasteiger charge is 2.24. The third-order valence-electron chi connectivity index (χ3n) is 5.22. The average Bonchev–Trinajstić information content (AvgIpc) is 2.70. The fourth-order valence-electron chi connectivity index (χ4n) is 3.91. The van der Waals surface area contributed by atoms with Crippen LogP contribution in [0.2, 0.25) is 0 Å². The molecule has 1 unspecified atom stereocenters. The number of hydrogen-bond acceptors (Lipinski definition) is 3. The van der Waals surface area contributed by atoms with Crippen molar-refractivity contribution in [2.75, 3.05) is 26.1 Å². The van der Waals surface area contributed by atoms with Crippen LogP contribution in [-0.2, 0) is 0 Å². The van der Waals surface area contributed by atoms with Crippen molar-refractivity contribution in [3.8, 4) is 22.6 Å². The number of likely N-dealkylation sites (tertiary alicyclic amines) is 1. The Kier molecular flexibility index (Phi) is 6.81. The van der Waals surface area contributed by atoms with Gasteiger partial charge in [0.1, 0.15) is 11.5 Å². The Hall–Kier alpha value is -1.71. The molecule has 26 heavy (non-hydrogen) atoms. The molecule has 0 amide bonds. The minimum atomic E-state index is 0.293. The molecule has 2 aromatic carbocycles. The summed E-state index contributed by atoms with van der Waals surface area (Å²) in [4.78, 5) is 2.59. The van der Waals surface area contributed by atoms with Gasteiger partial charge in [0.15, 0.2) is 0 Å². The molecule has 4 heteroatoms. The molecular formula is C22H28ClNO2. The molecule has 1 aliphatic rings. The number of phenols is 1. The van der Waals surface area contributed by atoms with Crippen LogP contribution < -0.4 is 4.74 Å². The summed E-state index contributed by atoms with van der Waals surface area (Å²) < 4.78 is 5.40. The molecule has 0 spiro atoms. The van der Waals surface area contributed by atoms with Gasteiger partial charge in [-0.2, -0.15) is 0 Å². The number of nitrogens with zero attached hydrogens (tertiary/aromatic N) is 1. The summed E-state index contributed by atoms with van der Waals surface area (Å²) in [6.45, 7) is 2.26. The van der Waals surface area contributed by atoms with E-state index in [1.165, 1.54) is 24.8 Å². The molecule has 0 bridgehead atoms. The standard InChI is InChI=1S/C22H28ClNO2/c1-26-19-8-5-7-17(15-19)21-16-18(25)10-11-20(21)22(9-6-12-23)24-13-3-2-4-14-24/h5,7-8,10-11,15-16,22,25H,2-4,6,9,12-14H2,1H3. The van der Waals surface area contributed by atoms with E-state index in [4.69, 9.17) is 16.3 Å². The molecule has 0 saturated carbocycles. The van der Waals surface area contributed by atoms with E-state index >= 15 is 0 Å². The molecule has 1 N–H and O–H groups in total. The lowest BCUT2D eigenvalue weighted by molar-refractivity contribution is 0.155. The first-order valence-electron chi connectivity index (χ1n) is 9.50. The van der Waals surface area contributed by atoms with Crippen molar-refractivity contribution in [1.29, 1.82) is 0 Å². The molecule has 1 aliphatic heterocycles. The summed E-state index contributed by atoms with van der Waals surface area (Å²) in [5, 5.41) is 10.1. The van der Waals surface area contributed by atoms with E-state index in [1.807, 2.05) is 24.3 Å². The molecule has 2 aromatic rings. The van der Waals surface area contributed by atoms with Crippen molar-refractivity contribution >= 4 is 11.6 Å². The smallest absolute Gasteiger partial charge is 0.119 e. The van der Waals surface area contributed by atoms with Gasteiger partial charge >= 0.3 is 0 Å². The Bertz CT molecular complexity index is 713. The van der Waals surface area contributed by atoms with Crippen molar-refractivity contribution in [2.45, 2.75) is 38.1 Å². The Balaban J connectivity index is 2.02. The summed E-state index contributed by atoms with van der Waals surface area (Å²) >= 11 is 6.02. The zero-order valence-corrected chi connectivity index (χ0v) is 16.2. The Labute approximate surface area is 161 Å². The Morgan fingerprint density at radius 3 is 2.65 bits per heavy atom. The monoisotopic (exact) mass is 373 g/mol. The lowest BCUT2D eigenvalue weighted by Crippen LogP contribution is -2.34. The second-order valence-corrected chi connectivity index (χ2v) is 7.33. The van der Waals surface area contributed by atoms with Gasteiger partial charge in [0, 0.05) is 11.9 Å². The first-order chi connectivity index (χ1) is 12.7. The molecule has 0 aliphatic carbocycles. The van der Waals surface area contributed by atoms with E-state index in [0.717, 1.165) is 42.8 Å². The third kappa shape index (κ3) is 4.52. The second kappa shape index (κ2) is 9.29. The minimum absolute atomic E-state index is 0.293. The zero-order chi connectivity index (χ0) is 18.4. The SMILES string of the molecule is COc1cccc(-c2cc(O)ccc2C(CCCCl)N2CCCCC2)c1. The number of alkyl halides is 1. The van der Waals surface area contributed by atoms with E-state index in [2.05, 4.69) is 17.0 Å². The van der Waals surface area contributed by atoms with Crippen LogP contribution in [0.5, 0.6) is 11.5 Å². The van der Waals surface area contributed by atoms with E-state index < -0.39 is 0 Å². The average molecular weight is 374 g/mol. The van der Waals surface area contributed by atoms with Gasteiger partial charge in [-0.1, -0.05) is 24.6 Å². The lowest BCUT2D eigenvalue weighted by Gasteiger charge is -2.36. The highest BCUT2D eigenvalue weighted by Crippen LogP contribution is 2.38. The second-order valence-electron chi connectivity index (χ2n) is 6.95. The first-order valence-corrected chi connectivity index (χ1v) is 10.0. The van der Waals surface area contributed by atoms with Crippen molar-refractivity contribution in [3.05, 3.63) is 48.0 Å². The normalized spacial score (nSPS) is 16.4. The topological polar surface area (TPSA) is 32.7 Å². The van der Waals surface area contributed by atoms with E-state index in [1.54, 1.807) is 13.2 Å². The van der Waals surface area contributed by atoms with Crippen LogP contribution in [0.25, 0.3) is 11.1 Å². The van der Waals surface area contributed by atoms with E-state index in [9.17, 15) is 5.11 Å². The number of rotatable bonds is 7. The largest absolute Gasteiger partial charge is 0.508 e. The van der Waals surface area contributed by atoms with Crippen LogP contribution in [0.3, 0.4) is 0 Å². The number of benzene rings is 2. The van der Waals surface area contributed by atoms with E-state index in [-0.39, 0.29) is 0 Å². The van der Waals surface area contributed by atoms with Gasteiger partial charge in [0.25, 0.3) is 0 Å². The maximum atomic E-state index is 10.1. The number of hydrogen-bond donors (Lipinski definition) is 1. The van der Waals surface area contributed by atoms with Gasteiger partial charge in [0.2, 0.25) is 0 Å². The number of piperidine rings is 1. The number of aromatic hydroxyl groups is 1. The summed E-state index contributed by atoms with van der Waals surface area (Å²) in [6.07, 6.45) is 5.84. The van der Waals surface area contributed by atoms with Gasteiger partial charge in [-0.3, -0.25) is 4.90 Å². The summed E-state index contributed by atoms with van der Waals surface area (Å²) in [5.74, 6) is 1.80. The van der Waals surface area contributed by atoms with Crippen molar-refractivity contribution in [3.63, 3.8) is 0 Å². The highest BCUT2D eigenvalue weighted by atomic mass is 35.5. The molecule has 0 aromatic heterocycles. The van der Waals surface area contributed by atoms with Crippen molar-refractivity contribution < 1.29 is 9.84 Å². The maximum absolute atomic E-state index is 10.1. The van der Waals surface area contributed by atoms with Crippen molar-refractivity contribution in [1.82, 2.24) is 4.90 Å². The molecule has 3 rings (SSSR count). The number of methoxy groups -OCH3 is 1. The van der Waals surface area contributed by atoms with Crippen molar-refractivity contribution in [2.24, 2.45) is 0 Å². The van der Waals surface area contributed by atoms with Gasteiger partial charge in [-0.05, 0) is 79.7 Å². The van der Waals surface area contributed by atoms with Gasteiger partial charge in [-0.25, -0.2) is 0 Å². The first kappa shape index (κ1) is 19.1. The number of phenolic OH excluding ortho intramolecular Hbond substituents is 1. The number of halogens is 1. The molecule has 1 heterocycles. The molecule has 1 saturated heterocycles. The van der Waals surface area contributed by atoms with Gasteiger partial charge in [-0.15, -0.1) is 11.6 Å². The Morgan fingerprint density at radius 2 is 1.92 bits per heavy atom. The summed E-state index contributed by atoms with van der Waals surface area (Å²) in [6, 6.07) is 14.1. The number of ether oxygens (including phenoxy) is 1. The predicted octanol–water partition coefficient (Wildman–Crippen LogP) is 5.61. The molecule has 1 atom stereocenters. The quantitative estimate of drug-likeness (QED) is 0.640. The van der Waals surface area contributed by atoms with Gasteiger partial charge in [0.05, 0.1) is 7.11 Å². The van der Waals surface area contributed by atoms with Gasteiger partial charge < -0.3 is 9.84 Å². The predicted molar refractivity (Wildman–Crippen MR) is 108 cm³/mol. The highest BCUT2D eigenvalue weighted by molar-refractivity contribution is 6.17. The van der Waals surface area contributed by atoms with E-state index in [0.29, 0.717) is 17.7 Å². The molecule has 1 fully saturated rings. The van der Waals surface area contributed by atoms with Crippen LogP contribution in [0.4, 0.5) is 0 Å². The third-order valence-corrected chi connectivity index (χ3v) is 5.49. The Morgan fingerprint density at radius 1 is 1.12 bits per heavy atom. The summed E-state index contributed by atoms with van der Waals surface area (Å²) in [5.41, 5.74) is 3.42. The van der Waals surface area contributed by atoms with Crippen LogP contribution in [-0.4, -0.2) is 36.1 Å². The van der Waals surface area contributed by atoms with Crippen LogP contribution in [0, 0.1) is 0 Å². The summed E-state index contributed by atoms with van der Waals surface area (Å²) in [7, 11) is 1.68. The molecule has 3 nitrogen and oxygen atoms in total. The van der Waals surface area contributed by atoms with Crippen LogP contribution in [0.1, 0.15) is 43.7 Å². The molecule has 0 radical (unpaired) electrons. The zero-order valence-electron chi connectivity index (χ0n) is 15.5. The maximum Gasteiger partial charge on any atom is 0.119 e. The lowest BCUT2D eigenvalue weighted by atomic mass is 9.90. The minimum Gasteiger partial charge on any atom is -0.508 e. The fourth-order valence-corrected chi connectivity index (χ4v) is 4.07. The van der Waals surface area contributed by atoms with Crippen LogP contribution >= 0.6 is 11.6 Å².